The molecule has 7 rings (SSSR count). The molecule has 3 bridgehead atoms. The Kier molecular flexibility index (Phi) is 3.14. The first-order valence-electron chi connectivity index (χ1n) is 12.2. The second-order valence-corrected chi connectivity index (χ2v) is 12.5. The van der Waals surface area contributed by atoms with Gasteiger partial charge in [0.2, 0.25) is 0 Å². The highest BCUT2D eigenvalue weighted by Gasteiger charge is 2.81. The minimum absolute atomic E-state index is 0.0326. The zero-order valence-electron chi connectivity index (χ0n) is 17.4. The highest BCUT2D eigenvalue weighted by Crippen LogP contribution is 2.82. The fraction of sp³-hybridized carbons (Fsp3) is 0.920. The van der Waals surface area contributed by atoms with Crippen molar-refractivity contribution in [3.8, 4) is 0 Å². The maximum absolute atomic E-state index is 12.2. The zero-order valence-corrected chi connectivity index (χ0v) is 17.4. The van der Waals surface area contributed by atoms with Crippen molar-refractivity contribution in [2.45, 2.75) is 88.9 Å². The van der Waals surface area contributed by atoms with Crippen molar-refractivity contribution in [1.82, 2.24) is 5.32 Å². The molecule has 0 radical (unpaired) electrons. The van der Waals surface area contributed by atoms with Crippen molar-refractivity contribution in [3.05, 3.63) is 12.2 Å². The molecule has 5 saturated carbocycles. The molecule has 0 amide bonds. The molecule has 3 heteroatoms. The lowest BCUT2D eigenvalue weighted by Crippen LogP contribution is -2.76. The van der Waals surface area contributed by atoms with Gasteiger partial charge in [-0.25, -0.2) is 0 Å². The monoisotopic (exact) mass is 383 g/mol. The van der Waals surface area contributed by atoms with Gasteiger partial charge in [-0.1, -0.05) is 25.5 Å². The van der Waals surface area contributed by atoms with Gasteiger partial charge in [0.05, 0.1) is 11.7 Å². The molecule has 1 aliphatic heterocycles. The molecular weight excluding hydrogens is 346 g/mol. The highest BCUT2D eigenvalue weighted by molar-refractivity contribution is 5.32. The van der Waals surface area contributed by atoms with Gasteiger partial charge in [-0.3, -0.25) is 0 Å². The van der Waals surface area contributed by atoms with Crippen molar-refractivity contribution in [2.24, 2.45) is 45.8 Å². The Morgan fingerprint density at radius 2 is 1.93 bits per heavy atom. The van der Waals surface area contributed by atoms with Crippen LogP contribution < -0.4 is 5.32 Å². The van der Waals surface area contributed by atoms with Crippen molar-refractivity contribution in [3.63, 3.8) is 0 Å². The Labute approximate surface area is 169 Å². The second-order valence-electron chi connectivity index (χ2n) is 12.5. The van der Waals surface area contributed by atoms with E-state index in [0.717, 1.165) is 18.8 Å². The Bertz CT molecular complexity index is 751. The van der Waals surface area contributed by atoms with E-state index in [4.69, 9.17) is 0 Å². The molecule has 0 aromatic carbocycles. The van der Waals surface area contributed by atoms with Crippen LogP contribution in [0.15, 0.2) is 12.2 Å². The predicted molar refractivity (Wildman–Crippen MR) is 108 cm³/mol. The molecule has 0 unspecified atom stereocenters. The maximum Gasteiger partial charge on any atom is 0.0693 e. The fourth-order valence-electron chi connectivity index (χ4n) is 11.1. The van der Waals surface area contributed by atoms with E-state index < -0.39 is 5.60 Å². The summed E-state index contributed by atoms with van der Waals surface area (Å²) in [5.74, 6) is 2.52. The van der Waals surface area contributed by atoms with Crippen LogP contribution in [0.4, 0.5) is 0 Å². The van der Waals surface area contributed by atoms with Gasteiger partial charge in [0.1, 0.15) is 0 Å². The number of nitrogens with one attached hydrogen (secondary N) is 1. The fourth-order valence-corrected chi connectivity index (χ4v) is 11.1. The third kappa shape index (κ3) is 1.70. The van der Waals surface area contributed by atoms with Crippen LogP contribution in [0.5, 0.6) is 0 Å². The summed E-state index contributed by atoms with van der Waals surface area (Å²) < 4.78 is 0. The maximum atomic E-state index is 12.2. The number of aliphatic hydroxyl groups is 2. The number of allylic oxidation sites excluding steroid dienone is 1. The number of aliphatic hydroxyl groups excluding tert-OH is 1. The standard InChI is InChI=1S/C25H37NO2/c1-22-10-15-6-7-18(22)21(27)25-12-16-4-3-9-26-20(16)17-5-2-8-23(17,25)13-19(25)24(28,11-15)14-22/h6-7,15-21,26-28H,2-5,8-14H2,1H3/t15-,16+,17+,18-,19-,20+,21+,22+,23-,24+,25-/m0/s1. The smallest absolute Gasteiger partial charge is 0.0693 e. The largest absolute Gasteiger partial charge is 0.392 e. The van der Waals surface area contributed by atoms with Gasteiger partial charge in [-0.15, -0.1) is 0 Å². The van der Waals surface area contributed by atoms with E-state index in [1.165, 1.54) is 57.9 Å². The normalized spacial score (nSPS) is 66.2. The minimum atomic E-state index is -0.550. The first kappa shape index (κ1) is 17.3. The molecule has 11 atom stereocenters. The van der Waals surface area contributed by atoms with Crippen LogP contribution in [-0.4, -0.2) is 34.5 Å². The van der Waals surface area contributed by atoms with Gasteiger partial charge in [0, 0.05) is 17.4 Å². The molecule has 3 nitrogen and oxygen atoms in total. The average Bonchev–Trinajstić information content (AvgIpc) is 3.09. The van der Waals surface area contributed by atoms with Crippen LogP contribution in [0.25, 0.3) is 0 Å². The van der Waals surface area contributed by atoms with Gasteiger partial charge >= 0.3 is 0 Å². The van der Waals surface area contributed by atoms with E-state index >= 15 is 0 Å². The van der Waals surface area contributed by atoms with E-state index in [2.05, 4.69) is 24.4 Å². The SMILES string of the molecule is C[C@]12C[C@@H]3C=C[C@H]1[C@@H](O)[C@@]14C[C@H]5CCCN[C@H]5[C@H]5CCC[C@]51C[C@H]4[C@@](O)(C3)C2. The lowest BCUT2D eigenvalue weighted by Gasteiger charge is -2.75. The highest BCUT2D eigenvalue weighted by atomic mass is 16.3. The van der Waals surface area contributed by atoms with Crippen LogP contribution in [0, 0.1) is 45.8 Å². The van der Waals surface area contributed by atoms with E-state index in [0.29, 0.717) is 23.8 Å². The van der Waals surface area contributed by atoms with Crippen molar-refractivity contribution >= 4 is 0 Å². The Morgan fingerprint density at radius 1 is 1.04 bits per heavy atom. The first-order valence-corrected chi connectivity index (χ1v) is 12.2. The molecule has 1 saturated heterocycles. The van der Waals surface area contributed by atoms with E-state index in [-0.39, 0.29) is 28.3 Å². The van der Waals surface area contributed by atoms with Crippen LogP contribution in [0.3, 0.4) is 0 Å². The van der Waals surface area contributed by atoms with Crippen LogP contribution in [0.2, 0.25) is 0 Å². The third-order valence-corrected chi connectivity index (χ3v) is 11.6. The van der Waals surface area contributed by atoms with Gasteiger partial charge in [-0.2, -0.15) is 0 Å². The summed E-state index contributed by atoms with van der Waals surface area (Å²) in [6, 6.07) is 0.676. The lowest BCUT2D eigenvalue weighted by molar-refractivity contribution is -0.307. The number of piperidine rings is 1. The van der Waals surface area contributed by atoms with Gasteiger partial charge in [0.25, 0.3) is 0 Å². The number of rotatable bonds is 0. The quantitative estimate of drug-likeness (QED) is 0.560. The summed E-state index contributed by atoms with van der Waals surface area (Å²) in [4.78, 5) is 0. The summed E-state index contributed by atoms with van der Waals surface area (Å²) in [5.41, 5.74) is -0.215. The molecule has 1 heterocycles. The van der Waals surface area contributed by atoms with Gasteiger partial charge in [0.15, 0.2) is 0 Å². The lowest BCUT2D eigenvalue weighted by atomic mass is 9.31. The minimum Gasteiger partial charge on any atom is -0.392 e. The molecule has 2 spiro atoms. The summed E-state index contributed by atoms with van der Waals surface area (Å²) in [5, 5.41) is 28.3. The van der Waals surface area contributed by atoms with E-state index in [1.54, 1.807) is 0 Å². The summed E-state index contributed by atoms with van der Waals surface area (Å²) in [6.07, 6.45) is 16.5. The molecular formula is C25H37NO2. The molecule has 0 aromatic rings. The Hall–Kier alpha value is -0.380. The molecule has 7 aliphatic rings. The molecule has 6 aliphatic carbocycles. The van der Waals surface area contributed by atoms with Gasteiger partial charge < -0.3 is 15.5 Å². The van der Waals surface area contributed by atoms with E-state index in [9.17, 15) is 10.2 Å². The summed E-state index contributed by atoms with van der Waals surface area (Å²) in [6.45, 7) is 3.57. The van der Waals surface area contributed by atoms with Crippen LogP contribution >= 0.6 is 0 Å². The Morgan fingerprint density at radius 3 is 2.82 bits per heavy atom. The zero-order chi connectivity index (χ0) is 18.9. The van der Waals surface area contributed by atoms with Crippen molar-refractivity contribution < 1.29 is 10.2 Å². The molecule has 0 aromatic heterocycles. The first-order chi connectivity index (χ1) is 13.4. The Balaban J connectivity index is 1.43. The number of hydrogen-bond acceptors (Lipinski definition) is 3. The molecule has 3 N–H and O–H groups in total. The molecule has 28 heavy (non-hydrogen) atoms. The average molecular weight is 384 g/mol. The molecule has 154 valence electrons. The number of hydrogen-bond donors (Lipinski definition) is 3. The van der Waals surface area contributed by atoms with E-state index in [1.807, 2.05) is 0 Å². The summed E-state index contributed by atoms with van der Waals surface area (Å²) >= 11 is 0. The van der Waals surface area contributed by atoms with Crippen LogP contribution in [0.1, 0.15) is 71.1 Å². The van der Waals surface area contributed by atoms with Gasteiger partial charge in [-0.05, 0) is 98.8 Å². The number of fused-ring (bicyclic) bond motifs is 5. The molecule has 6 fully saturated rings. The van der Waals surface area contributed by atoms with Crippen LogP contribution in [-0.2, 0) is 0 Å². The van der Waals surface area contributed by atoms with Crippen molar-refractivity contribution in [1.29, 1.82) is 0 Å². The van der Waals surface area contributed by atoms with Crippen molar-refractivity contribution in [2.75, 3.05) is 6.54 Å². The third-order valence-electron chi connectivity index (χ3n) is 11.6. The second kappa shape index (κ2) is 5.08. The topological polar surface area (TPSA) is 52.5 Å². The summed E-state index contributed by atoms with van der Waals surface area (Å²) in [7, 11) is 0. The predicted octanol–water partition coefficient (Wildman–Crippen LogP) is 3.65.